The van der Waals surface area contributed by atoms with Crippen LogP contribution in [0.4, 0.5) is 0 Å². The Hall–Kier alpha value is -1.09. The van der Waals surface area contributed by atoms with Crippen LogP contribution < -0.4 is 0 Å². The van der Waals surface area contributed by atoms with Crippen LogP contribution in [0.5, 0.6) is 0 Å². The first-order chi connectivity index (χ1) is 10.6. The molecule has 0 saturated heterocycles. The minimum absolute atomic E-state index is 0. The molecule has 0 aromatic carbocycles. The summed E-state index contributed by atoms with van der Waals surface area (Å²) in [6, 6.07) is 0. The summed E-state index contributed by atoms with van der Waals surface area (Å²) < 4.78 is 0. The zero-order valence-electron chi connectivity index (χ0n) is 16.0. The standard InChI is InChI=1S/C8H14.2C5H9N2.CH3.Ni/c1-2-4-6-8-7-5-3-1;2*1-6-3-4-7(2)5-6;;/h1-2H,3-8H2;2*3-5H,1-2H3;1H3;/q;3*-1;+3. The quantitative estimate of drug-likeness (QED) is 0.355. The van der Waals surface area contributed by atoms with Crippen LogP contribution in [-0.4, -0.2) is 47.8 Å². The molecule has 3 rings (SSSR count). The van der Waals surface area contributed by atoms with Crippen molar-refractivity contribution in [1.29, 1.82) is 0 Å². The third-order valence-electron chi connectivity index (χ3n) is 3.46. The van der Waals surface area contributed by atoms with Gasteiger partial charge >= 0.3 is 16.5 Å². The van der Waals surface area contributed by atoms with Gasteiger partial charge in [-0.3, -0.25) is 0 Å². The fourth-order valence-corrected chi connectivity index (χ4v) is 2.26. The van der Waals surface area contributed by atoms with Crippen LogP contribution in [0.2, 0.25) is 0 Å². The van der Waals surface area contributed by atoms with Crippen molar-refractivity contribution >= 4 is 0 Å². The van der Waals surface area contributed by atoms with Crippen molar-refractivity contribution in [2.45, 2.75) is 38.5 Å². The molecule has 4 nitrogen and oxygen atoms in total. The van der Waals surface area contributed by atoms with E-state index < -0.39 is 0 Å². The Balaban J connectivity index is 0. The van der Waals surface area contributed by atoms with E-state index in [0.29, 0.717) is 0 Å². The zero-order valence-corrected chi connectivity index (χ0v) is 17.0. The summed E-state index contributed by atoms with van der Waals surface area (Å²) in [5.41, 5.74) is 0. The second kappa shape index (κ2) is 15.4. The SMILES string of the molecule is C1=CCCCCCC1.CN1C=CN(C)[CH-]1.CN1C=CN(C)[CH-]1.[CH3-].[Ni+3]. The first kappa shape index (κ1) is 25.2. The molecule has 0 saturated carbocycles. The molecule has 24 heavy (non-hydrogen) atoms. The maximum atomic E-state index is 2.32. The Morgan fingerprint density at radius 3 is 1.08 bits per heavy atom. The van der Waals surface area contributed by atoms with Crippen LogP contribution in [0.1, 0.15) is 38.5 Å². The maximum absolute atomic E-state index is 2.32. The van der Waals surface area contributed by atoms with Gasteiger partial charge in [-0.25, -0.2) is 0 Å². The van der Waals surface area contributed by atoms with Crippen molar-refractivity contribution in [3.63, 3.8) is 0 Å². The minimum Gasteiger partial charge on any atom is -0.511 e. The van der Waals surface area contributed by atoms with Crippen LogP contribution in [0, 0.1) is 20.8 Å². The van der Waals surface area contributed by atoms with E-state index in [1.807, 2.05) is 85.9 Å². The second-order valence-electron chi connectivity index (χ2n) is 5.95. The molecule has 0 aromatic heterocycles. The van der Waals surface area contributed by atoms with Crippen LogP contribution in [-0.2, 0) is 16.5 Å². The summed E-state index contributed by atoms with van der Waals surface area (Å²) in [4.78, 5) is 8.00. The van der Waals surface area contributed by atoms with Gasteiger partial charge in [0, 0.05) is 0 Å². The molecule has 141 valence electrons. The van der Waals surface area contributed by atoms with Crippen LogP contribution in [0.25, 0.3) is 0 Å². The molecule has 3 aliphatic rings. The van der Waals surface area contributed by atoms with Gasteiger partial charge in [0.15, 0.2) is 0 Å². The third-order valence-corrected chi connectivity index (χ3v) is 3.46. The molecular weight excluding hydrogens is 343 g/mol. The molecular formula is C19H35N4Ni. The van der Waals surface area contributed by atoms with Gasteiger partial charge in [0.2, 0.25) is 0 Å². The van der Waals surface area contributed by atoms with Gasteiger partial charge in [0.1, 0.15) is 0 Å². The molecule has 2 aliphatic heterocycles. The molecule has 0 unspecified atom stereocenters. The molecule has 0 spiro atoms. The van der Waals surface area contributed by atoms with E-state index >= 15 is 0 Å². The molecule has 5 heteroatoms. The third kappa shape index (κ3) is 13.4. The Morgan fingerprint density at radius 2 is 0.875 bits per heavy atom. The zero-order chi connectivity index (χ0) is 16.2. The van der Waals surface area contributed by atoms with Crippen LogP contribution in [0.3, 0.4) is 0 Å². The Bertz CT molecular complexity index is 314. The van der Waals surface area contributed by atoms with Crippen molar-refractivity contribution < 1.29 is 16.5 Å². The van der Waals surface area contributed by atoms with E-state index in [0.717, 1.165) is 0 Å². The van der Waals surface area contributed by atoms with Gasteiger partial charge in [0.05, 0.1) is 0 Å². The molecule has 0 amide bonds. The number of hydrogen-bond donors (Lipinski definition) is 0. The fraction of sp³-hybridized carbons (Fsp3) is 0.526. The summed E-state index contributed by atoms with van der Waals surface area (Å²) in [7, 11) is 8.00. The monoisotopic (exact) mass is 377 g/mol. The first-order valence-corrected chi connectivity index (χ1v) is 8.17. The molecule has 0 aromatic rings. The second-order valence-corrected chi connectivity index (χ2v) is 5.95. The Kier molecular flexibility index (Phi) is 16.2. The first-order valence-electron chi connectivity index (χ1n) is 8.17. The molecule has 0 fully saturated rings. The van der Waals surface area contributed by atoms with Crippen molar-refractivity contribution in [3.05, 3.63) is 57.7 Å². The molecule has 1 aliphatic carbocycles. The Morgan fingerprint density at radius 1 is 0.583 bits per heavy atom. The Labute approximate surface area is 160 Å². The minimum atomic E-state index is 0. The van der Waals surface area contributed by atoms with Gasteiger partial charge in [-0.05, 0) is 78.7 Å². The topological polar surface area (TPSA) is 13.0 Å². The maximum Gasteiger partial charge on any atom is 3.00 e. The van der Waals surface area contributed by atoms with Crippen molar-refractivity contribution in [3.8, 4) is 0 Å². The number of allylic oxidation sites excluding steroid dienone is 2. The van der Waals surface area contributed by atoms with Crippen molar-refractivity contribution in [1.82, 2.24) is 19.6 Å². The van der Waals surface area contributed by atoms with Crippen molar-refractivity contribution in [2.75, 3.05) is 28.2 Å². The van der Waals surface area contributed by atoms with E-state index in [2.05, 4.69) is 12.2 Å². The predicted octanol–water partition coefficient (Wildman–Crippen LogP) is 4.25. The summed E-state index contributed by atoms with van der Waals surface area (Å²) in [6.45, 7) is 4.00. The fourth-order valence-electron chi connectivity index (χ4n) is 2.26. The summed E-state index contributed by atoms with van der Waals surface area (Å²) in [6.07, 6.45) is 21.0. The number of rotatable bonds is 0. The van der Waals surface area contributed by atoms with Crippen molar-refractivity contribution in [2.24, 2.45) is 0 Å². The molecule has 0 atom stereocenters. The van der Waals surface area contributed by atoms with Gasteiger partial charge in [-0.1, -0.05) is 25.0 Å². The summed E-state index contributed by atoms with van der Waals surface area (Å²) in [5, 5.41) is 0. The van der Waals surface area contributed by atoms with Gasteiger partial charge < -0.3 is 27.0 Å². The predicted molar refractivity (Wildman–Crippen MR) is 101 cm³/mol. The summed E-state index contributed by atoms with van der Waals surface area (Å²) in [5.74, 6) is 0. The molecule has 0 N–H and O–H groups in total. The smallest absolute Gasteiger partial charge is 0.511 e. The number of nitrogens with zero attached hydrogens (tertiary/aromatic N) is 4. The largest absolute Gasteiger partial charge is 3.00 e. The summed E-state index contributed by atoms with van der Waals surface area (Å²) >= 11 is 0. The van der Waals surface area contributed by atoms with Gasteiger partial charge in [-0.15, -0.1) is 0 Å². The van der Waals surface area contributed by atoms with Gasteiger partial charge in [0.25, 0.3) is 0 Å². The van der Waals surface area contributed by atoms with E-state index in [-0.39, 0.29) is 23.9 Å². The van der Waals surface area contributed by atoms with Crippen LogP contribution in [0.15, 0.2) is 37.0 Å². The molecule has 1 radical (unpaired) electrons. The average Bonchev–Trinajstić information content (AvgIpc) is 2.98. The molecule has 2 heterocycles. The normalized spacial score (nSPS) is 18.5. The van der Waals surface area contributed by atoms with E-state index in [9.17, 15) is 0 Å². The van der Waals surface area contributed by atoms with E-state index in [4.69, 9.17) is 0 Å². The molecule has 0 bridgehead atoms. The average molecular weight is 378 g/mol. The van der Waals surface area contributed by atoms with E-state index in [1.54, 1.807) is 0 Å². The number of hydrogen-bond acceptors (Lipinski definition) is 4. The van der Waals surface area contributed by atoms with Gasteiger partial charge in [-0.2, -0.15) is 13.3 Å². The van der Waals surface area contributed by atoms with Crippen LogP contribution >= 0.6 is 0 Å². The van der Waals surface area contributed by atoms with E-state index in [1.165, 1.54) is 38.5 Å².